The average Bonchev–Trinajstić information content (AvgIpc) is 3.11. The van der Waals surface area contributed by atoms with Gasteiger partial charge in [0.15, 0.2) is 5.58 Å². The van der Waals surface area contributed by atoms with Gasteiger partial charge in [-0.25, -0.2) is 9.97 Å². The molecular formula is C20H14ClN3O2. The molecule has 128 valence electrons. The van der Waals surface area contributed by atoms with Crippen LogP contribution in [0.4, 0.5) is 0 Å². The van der Waals surface area contributed by atoms with Crippen molar-refractivity contribution in [2.45, 2.75) is 6.54 Å². The number of para-hydroxylation sites is 2. The van der Waals surface area contributed by atoms with Gasteiger partial charge in [-0.05, 0) is 42.0 Å². The number of carbonyl (C=O) groups excluding carboxylic acids is 1. The number of aromatic nitrogens is 2. The Morgan fingerprint density at radius 3 is 2.62 bits per heavy atom. The number of nitrogens with one attached hydrogen (secondary N) is 1. The third-order valence-electron chi connectivity index (χ3n) is 3.95. The van der Waals surface area contributed by atoms with E-state index in [9.17, 15) is 4.79 Å². The van der Waals surface area contributed by atoms with Crippen LogP contribution in [0.3, 0.4) is 0 Å². The van der Waals surface area contributed by atoms with Crippen LogP contribution in [0.5, 0.6) is 0 Å². The summed E-state index contributed by atoms with van der Waals surface area (Å²) in [5.41, 5.74) is 3.78. The van der Waals surface area contributed by atoms with Crippen LogP contribution in [0.25, 0.3) is 22.6 Å². The highest BCUT2D eigenvalue weighted by atomic mass is 35.5. The largest absolute Gasteiger partial charge is 0.436 e. The van der Waals surface area contributed by atoms with Crippen molar-refractivity contribution in [2.24, 2.45) is 0 Å². The van der Waals surface area contributed by atoms with E-state index < -0.39 is 0 Å². The molecule has 0 aliphatic heterocycles. The van der Waals surface area contributed by atoms with Gasteiger partial charge >= 0.3 is 0 Å². The van der Waals surface area contributed by atoms with Crippen LogP contribution in [0.1, 0.15) is 15.9 Å². The standard InChI is InChI=1S/C20H14ClN3O2/c21-18-15(4-3-11-22-18)19(25)23-12-13-7-9-14(10-8-13)20-24-16-5-1-2-6-17(16)26-20/h1-11H,12H2,(H,23,25). The van der Waals surface area contributed by atoms with E-state index in [1.807, 2.05) is 48.5 Å². The van der Waals surface area contributed by atoms with Gasteiger partial charge in [0.2, 0.25) is 5.89 Å². The first-order valence-corrected chi connectivity index (χ1v) is 8.42. The minimum Gasteiger partial charge on any atom is -0.436 e. The first kappa shape index (κ1) is 16.3. The van der Waals surface area contributed by atoms with E-state index in [0.29, 0.717) is 18.0 Å². The van der Waals surface area contributed by atoms with Gasteiger partial charge in [0.1, 0.15) is 10.7 Å². The van der Waals surface area contributed by atoms with Crippen LogP contribution >= 0.6 is 11.6 Å². The lowest BCUT2D eigenvalue weighted by molar-refractivity contribution is 0.0950. The topological polar surface area (TPSA) is 68.0 Å². The fourth-order valence-electron chi connectivity index (χ4n) is 2.59. The molecule has 26 heavy (non-hydrogen) atoms. The molecule has 0 spiro atoms. The first-order valence-electron chi connectivity index (χ1n) is 8.04. The lowest BCUT2D eigenvalue weighted by Crippen LogP contribution is -2.23. The SMILES string of the molecule is O=C(NCc1ccc(-c2nc3ccccc3o2)cc1)c1cccnc1Cl. The fourth-order valence-corrected chi connectivity index (χ4v) is 2.80. The molecule has 1 N–H and O–H groups in total. The number of hydrogen-bond acceptors (Lipinski definition) is 4. The molecule has 4 aromatic rings. The number of amides is 1. The van der Waals surface area contributed by atoms with E-state index in [-0.39, 0.29) is 11.1 Å². The van der Waals surface area contributed by atoms with Gasteiger partial charge in [-0.2, -0.15) is 0 Å². The molecule has 0 aliphatic rings. The zero-order valence-electron chi connectivity index (χ0n) is 13.6. The van der Waals surface area contributed by atoms with Crippen LogP contribution in [0.15, 0.2) is 71.3 Å². The summed E-state index contributed by atoms with van der Waals surface area (Å²) in [7, 11) is 0. The van der Waals surface area contributed by atoms with E-state index >= 15 is 0 Å². The number of benzene rings is 2. The zero-order valence-corrected chi connectivity index (χ0v) is 14.4. The number of fused-ring (bicyclic) bond motifs is 1. The first-order chi connectivity index (χ1) is 12.7. The molecule has 0 radical (unpaired) electrons. The molecule has 0 bridgehead atoms. The van der Waals surface area contributed by atoms with Gasteiger partial charge in [-0.3, -0.25) is 4.79 Å². The monoisotopic (exact) mass is 363 g/mol. The average molecular weight is 364 g/mol. The molecule has 0 atom stereocenters. The Labute approximate surface area is 154 Å². The van der Waals surface area contributed by atoms with Crippen molar-refractivity contribution in [3.05, 3.63) is 83.1 Å². The highest BCUT2D eigenvalue weighted by molar-refractivity contribution is 6.32. The summed E-state index contributed by atoms with van der Waals surface area (Å²) in [4.78, 5) is 20.5. The minimum absolute atomic E-state index is 0.191. The molecule has 2 aromatic heterocycles. The van der Waals surface area contributed by atoms with Crippen molar-refractivity contribution in [2.75, 3.05) is 0 Å². The summed E-state index contributed by atoms with van der Waals surface area (Å²) in [6.07, 6.45) is 1.55. The predicted molar refractivity (Wildman–Crippen MR) is 99.9 cm³/mol. The summed E-state index contributed by atoms with van der Waals surface area (Å²) < 4.78 is 5.76. The smallest absolute Gasteiger partial charge is 0.254 e. The molecule has 2 heterocycles. The second kappa shape index (κ2) is 6.98. The Bertz CT molecular complexity index is 1040. The highest BCUT2D eigenvalue weighted by Gasteiger charge is 2.11. The molecule has 6 heteroatoms. The van der Waals surface area contributed by atoms with Gasteiger partial charge in [-0.15, -0.1) is 0 Å². The van der Waals surface area contributed by atoms with Crippen LogP contribution in [0.2, 0.25) is 5.15 Å². The summed E-state index contributed by atoms with van der Waals surface area (Å²) in [5, 5.41) is 3.03. The van der Waals surface area contributed by atoms with Crippen molar-refractivity contribution in [1.82, 2.24) is 15.3 Å². The summed E-state index contributed by atoms with van der Waals surface area (Å²) in [6.45, 7) is 0.387. The van der Waals surface area contributed by atoms with Gasteiger partial charge < -0.3 is 9.73 Å². The molecule has 2 aromatic carbocycles. The molecule has 0 saturated carbocycles. The van der Waals surface area contributed by atoms with Crippen molar-refractivity contribution < 1.29 is 9.21 Å². The number of nitrogens with zero attached hydrogens (tertiary/aromatic N) is 2. The second-order valence-electron chi connectivity index (χ2n) is 5.71. The van der Waals surface area contributed by atoms with Crippen LogP contribution < -0.4 is 5.32 Å². The molecule has 0 aliphatic carbocycles. The maximum Gasteiger partial charge on any atom is 0.254 e. The number of pyridine rings is 1. The third-order valence-corrected chi connectivity index (χ3v) is 4.25. The predicted octanol–water partition coefficient (Wildman–Crippen LogP) is 4.47. The quantitative estimate of drug-likeness (QED) is 0.543. The Morgan fingerprint density at radius 1 is 1.04 bits per heavy atom. The summed E-state index contributed by atoms with van der Waals surface area (Å²) >= 11 is 5.93. The van der Waals surface area contributed by atoms with Gasteiger partial charge in [0.05, 0.1) is 5.56 Å². The molecule has 4 rings (SSSR count). The molecular weight excluding hydrogens is 350 g/mol. The van der Waals surface area contributed by atoms with Crippen LogP contribution in [0, 0.1) is 0 Å². The molecule has 1 amide bonds. The van der Waals surface area contributed by atoms with Crippen molar-refractivity contribution in [3.8, 4) is 11.5 Å². The lowest BCUT2D eigenvalue weighted by atomic mass is 10.1. The van der Waals surface area contributed by atoms with Crippen molar-refractivity contribution >= 4 is 28.6 Å². The summed E-state index contributed by atoms with van der Waals surface area (Å²) in [6, 6.07) is 18.6. The van der Waals surface area contributed by atoms with Crippen molar-refractivity contribution in [1.29, 1.82) is 0 Å². The number of halogens is 1. The Balaban J connectivity index is 1.46. The van der Waals surface area contributed by atoms with E-state index in [1.54, 1.807) is 18.3 Å². The number of rotatable bonds is 4. The maximum absolute atomic E-state index is 12.2. The molecule has 0 unspecified atom stereocenters. The zero-order chi connectivity index (χ0) is 17.9. The van der Waals surface area contributed by atoms with E-state index in [1.165, 1.54) is 0 Å². The summed E-state index contributed by atoms with van der Waals surface area (Å²) in [5.74, 6) is 0.315. The highest BCUT2D eigenvalue weighted by Crippen LogP contribution is 2.24. The Hall–Kier alpha value is -3.18. The van der Waals surface area contributed by atoms with Crippen molar-refractivity contribution in [3.63, 3.8) is 0 Å². The molecule has 5 nitrogen and oxygen atoms in total. The normalized spacial score (nSPS) is 10.8. The van der Waals surface area contributed by atoms with Gasteiger partial charge in [0.25, 0.3) is 5.91 Å². The lowest BCUT2D eigenvalue weighted by Gasteiger charge is -2.06. The van der Waals surface area contributed by atoms with Crippen LogP contribution in [-0.4, -0.2) is 15.9 Å². The fraction of sp³-hybridized carbons (Fsp3) is 0.0500. The Kier molecular flexibility index (Phi) is 4.37. The number of oxazole rings is 1. The minimum atomic E-state index is -0.258. The van der Waals surface area contributed by atoms with Gasteiger partial charge in [0, 0.05) is 18.3 Å². The Morgan fingerprint density at radius 2 is 1.85 bits per heavy atom. The maximum atomic E-state index is 12.2. The van der Waals surface area contributed by atoms with Crippen LogP contribution in [-0.2, 0) is 6.54 Å². The second-order valence-corrected chi connectivity index (χ2v) is 6.07. The van der Waals surface area contributed by atoms with E-state index in [2.05, 4.69) is 15.3 Å². The number of carbonyl (C=O) groups is 1. The number of hydrogen-bond donors (Lipinski definition) is 1. The van der Waals surface area contributed by atoms with E-state index in [4.69, 9.17) is 16.0 Å². The van der Waals surface area contributed by atoms with Gasteiger partial charge in [-0.1, -0.05) is 35.9 Å². The van der Waals surface area contributed by atoms with E-state index in [0.717, 1.165) is 22.2 Å². The third kappa shape index (κ3) is 3.30. The molecule has 0 fully saturated rings. The molecule has 0 saturated heterocycles.